The molecule has 0 bridgehead atoms. The Kier molecular flexibility index (Phi) is 4.60. The van der Waals surface area contributed by atoms with Crippen LogP contribution in [-0.2, 0) is 9.84 Å². The Hall–Kier alpha value is -2.47. The van der Waals surface area contributed by atoms with Gasteiger partial charge in [0.25, 0.3) is 5.56 Å². The topological polar surface area (TPSA) is 69.0 Å². The summed E-state index contributed by atoms with van der Waals surface area (Å²) in [5, 5.41) is 6.10. The van der Waals surface area contributed by atoms with Crippen LogP contribution in [-0.4, -0.2) is 24.5 Å². The van der Waals surface area contributed by atoms with E-state index in [0.717, 1.165) is 31.1 Å². The molecule has 0 amide bonds. The molecule has 140 valence electrons. The molecule has 27 heavy (non-hydrogen) atoms. The lowest BCUT2D eigenvalue weighted by Crippen LogP contribution is -2.29. The SMILES string of the molecule is CS(=O)(=O)c1cccc(-c2nn(C3CCCCC3)c(=O)c3ccccc23)c1. The Morgan fingerprint density at radius 3 is 2.37 bits per heavy atom. The number of aromatic nitrogens is 2. The van der Waals surface area contributed by atoms with E-state index in [-0.39, 0.29) is 16.5 Å². The molecular formula is C21H22N2O3S. The van der Waals surface area contributed by atoms with Crippen molar-refractivity contribution in [1.82, 2.24) is 9.78 Å². The van der Waals surface area contributed by atoms with Crippen molar-refractivity contribution in [3.63, 3.8) is 0 Å². The summed E-state index contributed by atoms with van der Waals surface area (Å²) in [5.41, 5.74) is 1.29. The summed E-state index contributed by atoms with van der Waals surface area (Å²) in [5.74, 6) is 0. The van der Waals surface area contributed by atoms with Crippen LogP contribution in [0.2, 0.25) is 0 Å². The van der Waals surface area contributed by atoms with E-state index in [1.807, 2.05) is 30.3 Å². The third kappa shape index (κ3) is 3.41. The summed E-state index contributed by atoms with van der Waals surface area (Å²) in [6.45, 7) is 0. The summed E-state index contributed by atoms with van der Waals surface area (Å²) < 4.78 is 25.6. The molecule has 1 heterocycles. The summed E-state index contributed by atoms with van der Waals surface area (Å²) in [7, 11) is -3.32. The first-order valence-electron chi connectivity index (χ1n) is 9.27. The molecule has 1 saturated carbocycles. The summed E-state index contributed by atoms with van der Waals surface area (Å²) in [6.07, 6.45) is 6.50. The van der Waals surface area contributed by atoms with E-state index in [0.29, 0.717) is 16.6 Å². The van der Waals surface area contributed by atoms with Gasteiger partial charge in [0.1, 0.15) is 0 Å². The highest BCUT2D eigenvalue weighted by Gasteiger charge is 2.21. The van der Waals surface area contributed by atoms with Crippen LogP contribution in [0.3, 0.4) is 0 Å². The fourth-order valence-corrected chi connectivity index (χ4v) is 4.53. The van der Waals surface area contributed by atoms with E-state index in [9.17, 15) is 13.2 Å². The van der Waals surface area contributed by atoms with E-state index in [1.165, 1.54) is 12.7 Å². The monoisotopic (exact) mass is 382 g/mol. The first-order chi connectivity index (χ1) is 12.9. The fraction of sp³-hybridized carbons (Fsp3) is 0.333. The molecule has 4 rings (SSSR count). The number of rotatable bonds is 3. The summed E-state index contributed by atoms with van der Waals surface area (Å²) >= 11 is 0. The number of nitrogens with zero attached hydrogens (tertiary/aromatic N) is 2. The van der Waals surface area contributed by atoms with Gasteiger partial charge in [-0.3, -0.25) is 4.79 Å². The molecule has 0 spiro atoms. The first kappa shape index (κ1) is 17.9. The van der Waals surface area contributed by atoms with Crippen molar-refractivity contribution in [3.05, 3.63) is 58.9 Å². The number of fused-ring (bicyclic) bond motifs is 1. The van der Waals surface area contributed by atoms with Crippen LogP contribution in [0.5, 0.6) is 0 Å². The lowest BCUT2D eigenvalue weighted by molar-refractivity contribution is 0.321. The van der Waals surface area contributed by atoms with Gasteiger partial charge in [0, 0.05) is 17.2 Å². The molecular weight excluding hydrogens is 360 g/mol. The molecule has 0 saturated heterocycles. The number of hydrogen-bond acceptors (Lipinski definition) is 4. The van der Waals surface area contributed by atoms with Gasteiger partial charge in [0.15, 0.2) is 9.84 Å². The van der Waals surface area contributed by atoms with Crippen molar-refractivity contribution in [3.8, 4) is 11.3 Å². The second-order valence-electron chi connectivity index (χ2n) is 7.24. The van der Waals surface area contributed by atoms with Gasteiger partial charge in [-0.15, -0.1) is 0 Å². The molecule has 0 radical (unpaired) electrons. The van der Waals surface area contributed by atoms with Gasteiger partial charge >= 0.3 is 0 Å². The Labute approximate surface area is 158 Å². The lowest BCUT2D eigenvalue weighted by atomic mass is 9.95. The first-order valence-corrected chi connectivity index (χ1v) is 11.2. The molecule has 2 aromatic carbocycles. The standard InChI is InChI=1S/C21H22N2O3S/c1-27(25,26)17-11-7-8-15(14-17)20-18-12-5-6-13-19(18)21(24)23(22-20)16-9-3-2-4-10-16/h5-8,11-14,16H,2-4,9-10H2,1H3. The number of hydrogen-bond donors (Lipinski definition) is 0. The van der Waals surface area contributed by atoms with Crippen LogP contribution in [0.4, 0.5) is 0 Å². The molecule has 5 nitrogen and oxygen atoms in total. The van der Waals surface area contributed by atoms with Gasteiger partial charge in [-0.25, -0.2) is 13.1 Å². The van der Waals surface area contributed by atoms with E-state index in [4.69, 9.17) is 5.10 Å². The second kappa shape index (κ2) is 6.93. The lowest BCUT2D eigenvalue weighted by Gasteiger charge is -2.24. The molecule has 0 N–H and O–H groups in total. The predicted octanol–water partition coefficient (Wildman–Crippen LogP) is 3.97. The van der Waals surface area contributed by atoms with Gasteiger partial charge in [0.2, 0.25) is 0 Å². The zero-order valence-electron chi connectivity index (χ0n) is 15.3. The van der Waals surface area contributed by atoms with E-state index >= 15 is 0 Å². The predicted molar refractivity (Wildman–Crippen MR) is 107 cm³/mol. The van der Waals surface area contributed by atoms with Gasteiger partial charge in [-0.05, 0) is 31.0 Å². The Bertz CT molecular complexity index is 1160. The van der Waals surface area contributed by atoms with Crippen molar-refractivity contribution in [2.75, 3.05) is 6.26 Å². The molecule has 0 aliphatic heterocycles. The summed E-state index contributed by atoms with van der Waals surface area (Å²) in [6, 6.07) is 14.3. The van der Waals surface area contributed by atoms with Gasteiger partial charge in [0.05, 0.1) is 22.0 Å². The molecule has 1 aliphatic rings. The number of benzene rings is 2. The second-order valence-corrected chi connectivity index (χ2v) is 9.25. The minimum Gasteiger partial charge on any atom is -0.267 e. The third-order valence-electron chi connectivity index (χ3n) is 5.28. The zero-order chi connectivity index (χ0) is 19.0. The van der Waals surface area contributed by atoms with Gasteiger partial charge in [-0.2, -0.15) is 5.10 Å². The maximum atomic E-state index is 13.0. The van der Waals surface area contributed by atoms with Crippen LogP contribution in [0, 0.1) is 0 Å². The highest BCUT2D eigenvalue weighted by Crippen LogP contribution is 2.30. The normalized spacial score (nSPS) is 15.9. The molecule has 0 unspecified atom stereocenters. The largest absolute Gasteiger partial charge is 0.274 e. The average Bonchev–Trinajstić information content (AvgIpc) is 2.69. The average molecular weight is 382 g/mol. The van der Waals surface area contributed by atoms with Crippen molar-refractivity contribution >= 4 is 20.6 Å². The Morgan fingerprint density at radius 1 is 0.963 bits per heavy atom. The van der Waals surface area contributed by atoms with Crippen LogP contribution >= 0.6 is 0 Å². The van der Waals surface area contributed by atoms with Crippen LogP contribution in [0.1, 0.15) is 38.1 Å². The van der Waals surface area contributed by atoms with E-state index in [1.54, 1.807) is 22.9 Å². The molecule has 1 aromatic heterocycles. The Morgan fingerprint density at radius 2 is 1.67 bits per heavy atom. The summed E-state index contributed by atoms with van der Waals surface area (Å²) in [4.78, 5) is 13.3. The van der Waals surface area contributed by atoms with Crippen molar-refractivity contribution in [2.45, 2.75) is 43.0 Å². The third-order valence-corrected chi connectivity index (χ3v) is 6.39. The Balaban J connectivity index is 1.97. The zero-order valence-corrected chi connectivity index (χ0v) is 16.1. The smallest absolute Gasteiger partial charge is 0.267 e. The molecule has 1 aliphatic carbocycles. The van der Waals surface area contributed by atoms with Crippen molar-refractivity contribution in [2.24, 2.45) is 0 Å². The van der Waals surface area contributed by atoms with Gasteiger partial charge in [-0.1, -0.05) is 49.6 Å². The molecule has 6 heteroatoms. The maximum Gasteiger partial charge on any atom is 0.274 e. The fourth-order valence-electron chi connectivity index (χ4n) is 3.87. The van der Waals surface area contributed by atoms with Gasteiger partial charge < -0.3 is 0 Å². The molecule has 0 atom stereocenters. The van der Waals surface area contributed by atoms with Crippen LogP contribution in [0.15, 0.2) is 58.2 Å². The molecule has 3 aromatic rings. The van der Waals surface area contributed by atoms with E-state index in [2.05, 4.69) is 0 Å². The van der Waals surface area contributed by atoms with Crippen molar-refractivity contribution in [1.29, 1.82) is 0 Å². The molecule has 1 fully saturated rings. The quantitative estimate of drug-likeness (QED) is 0.687. The minimum absolute atomic E-state index is 0.0690. The van der Waals surface area contributed by atoms with E-state index < -0.39 is 9.84 Å². The van der Waals surface area contributed by atoms with Crippen molar-refractivity contribution < 1.29 is 8.42 Å². The minimum atomic E-state index is -3.32. The highest BCUT2D eigenvalue weighted by molar-refractivity contribution is 7.90. The highest BCUT2D eigenvalue weighted by atomic mass is 32.2. The maximum absolute atomic E-state index is 13.0. The number of sulfone groups is 1. The van der Waals surface area contributed by atoms with Crippen LogP contribution < -0.4 is 5.56 Å². The van der Waals surface area contributed by atoms with Crippen LogP contribution in [0.25, 0.3) is 22.0 Å².